The van der Waals surface area contributed by atoms with E-state index in [9.17, 15) is 4.79 Å². The first kappa shape index (κ1) is 15.7. The summed E-state index contributed by atoms with van der Waals surface area (Å²) >= 11 is 0. The molecule has 0 aliphatic heterocycles. The third kappa shape index (κ3) is 8.94. The van der Waals surface area contributed by atoms with Crippen LogP contribution in [0.1, 0.15) is 85.5 Å². The molecule has 0 spiro atoms. The third-order valence-corrected chi connectivity index (χ3v) is 3.32. The van der Waals surface area contributed by atoms with E-state index in [-0.39, 0.29) is 0 Å². The zero-order valence-electron chi connectivity index (χ0n) is 11.8. The lowest BCUT2D eigenvalue weighted by Gasteiger charge is -2.24. The van der Waals surface area contributed by atoms with Gasteiger partial charge < -0.3 is 0 Å². The van der Waals surface area contributed by atoms with Gasteiger partial charge in [0.2, 0.25) is 0 Å². The van der Waals surface area contributed by atoms with Crippen molar-refractivity contribution in [1.29, 1.82) is 0 Å². The van der Waals surface area contributed by atoms with Crippen LogP contribution in [0.5, 0.6) is 0 Å². The molecule has 0 saturated carbocycles. The van der Waals surface area contributed by atoms with Crippen molar-refractivity contribution in [1.82, 2.24) is 0 Å². The molecule has 0 saturated heterocycles. The van der Waals surface area contributed by atoms with Crippen molar-refractivity contribution in [3.05, 3.63) is 0 Å². The highest BCUT2D eigenvalue weighted by Gasteiger charge is 2.18. The van der Waals surface area contributed by atoms with Gasteiger partial charge in [0.05, 0.1) is 0 Å². The van der Waals surface area contributed by atoms with Crippen molar-refractivity contribution in [2.75, 3.05) is 0 Å². The second-order valence-corrected chi connectivity index (χ2v) is 5.76. The van der Waals surface area contributed by atoms with Crippen LogP contribution in [0.2, 0.25) is 0 Å². The van der Waals surface area contributed by atoms with Crippen LogP contribution in [0.15, 0.2) is 0 Å². The zero-order valence-corrected chi connectivity index (χ0v) is 11.8. The molecule has 1 nitrogen and oxygen atoms in total. The van der Waals surface area contributed by atoms with Gasteiger partial charge in [-0.3, -0.25) is 4.79 Å². The Bertz CT molecular complexity index is 182. The normalized spacial score (nSPS) is 11.8. The molecule has 0 aromatic heterocycles. The summed E-state index contributed by atoms with van der Waals surface area (Å²) in [6, 6.07) is 0. The number of carbonyl (C=O) groups excluding carboxylic acids is 1. The lowest BCUT2D eigenvalue weighted by molar-refractivity contribution is -0.119. The second kappa shape index (κ2) is 8.78. The molecule has 0 amide bonds. The second-order valence-electron chi connectivity index (χ2n) is 5.76. The lowest BCUT2D eigenvalue weighted by Crippen LogP contribution is -2.13. The number of rotatable bonds is 10. The maximum absolute atomic E-state index is 11.5. The highest BCUT2D eigenvalue weighted by atomic mass is 16.1. The van der Waals surface area contributed by atoms with E-state index in [1.54, 1.807) is 0 Å². The minimum atomic E-state index is 0.358. The summed E-state index contributed by atoms with van der Waals surface area (Å²) in [7, 11) is 0. The van der Waals surface area contributed by atoms with Crippen molar-refractivity contribution in [3.8, 4) is 0 Å². The summed E-state index contributed by atoms with van der Waals surface area (Å²) in [5, 5.41) is 0. The lowest BCUT2D eigenvalue weighted by atomic mass is 9.81. The quantitative estimate of drug-likeness (QED) is 0.472. The van der Waals surface area contributed by atoms with E-state index in [4.69, 9.17) is 0 Å². The first-order valence-corrected chi connectivity index (χ1v) is 7.03. The van der Waals surface area contributed by atoms with Gasteiger partial charge in [-0.25, -0.2) is 0 Å². The molecule has 0 aromatic rings. The van der Waals surface area contributed by atoms with Crippen LogP contribution in [0.25, 0.3) is 0 Å². The summed E-state index contributed by atoms with van der Waals surface area (Å²) in [4.78, 5) is 11.5. The molecule has 0 bridgehead atoms. The topological polar surface area (TPSA) is 17.1 Å². The molecule has 0 aliphatic carbocycles. The summed E-state index contributed by atoms with van der Waals surface area (Å²) in [5.74, 6) is 0.448. The summed E-state index contributed by atoms with van der Waals surface area (Å²) < 4.78 is 0. The number of ketones is 1. The van der Waals surface area contributed by atoms with Crippen LogP contribution in [0, 0.1) is 5.41 Å². The Hall–Kier alpha value is -0.330. The highest BCUT2D eigenvalue weighted by Crippen LogP contribution is 2.29. The van der Waals surface area contributed by atoms with E-state index >= 15 is 0 Å². The maximum Gasteiger partial charge on any atom is 0.132 e. The van der Waals surface area contributed by atoms with Crippen molar-refractivity contribution < 1.29 is 4.79 Å². The number of hydrogen-bond acceptors (Lipinski definition) is 1. The van der Waals surface area contributed by atoms with E-state index in [1.807, 2.05) is 0 Å². The molecule has 0 rings (SSSR count). The molecular weight excluding hydrogens is 196 g/mol. The van der Waals surface area contributed by atoms with Crippen molar-refractivity contribution in [3.63, 3.8) is 0 Å². The molecule has 0 N–H and O–H groups in total. The average molecular weight is 226 g/mol. The van der Waals surface area contributed by atoms with Crippen molar-refractivity contribution in [2.45, 2.75) is 85.5 Å². The largest absolute Gasteiger partial charge is 0.300 e. The van der Waals surface area contributed by atoms with E-state index < -0.39 is 0 Å². The molecule has 0 heterocycles. The standard InChI is InChI=1S/C15H30O/c1-5-7-8-9-12-15(3,4)13-11-14(16)10-6-2/h5-13H2,1-4H3. The van der Waals surface area contributed by atoms with Crippen LogP contribution in [-0.2, 0) is 4.79 Å². The number of unbranched alkanes of at least 4 members (excludes halogenated alkanes) is 3. The van der Waals surface area contributed by atoms with Crippen LogP contribution in [-0.4, -0.2) is 5.78 Å². The SMILES string of the molecule is CCCCCCC(C)(C)CCC(=O)CCC. The summed E-state index contributed by atoms with van der Waals surface area (Å²) in [6.07, 6.45) is 10.2. The van der Waals surface area contributed by atoms with E-state index in [1.165, 1.54) is 32.1 Å². The minimum Gasteiger partial charge on any atom is -0.300 e. The molecule has 96 valence electrons. The average Bonchev–Trinajstić information content (AvgIpc) is 2.22. The van der Waals surface area contributed by atoms with Gasteiger partial charge in [0, 0.05) is 12.8 Å². The third-order valence-electron chi connectivity index (χ3n) is 3.32. The Morgan fingerprint density at radius 2 is 1.56 bits per heavy atom. The summed E-state index contributed by atoms with van der Waals surface area (Å²) in [6.45, 7) is 8.93. The zero-order chi connectivity index (χ0) is 12.4. The van der Waals surface area contributed by atoms with Crippen LogP contribution in [0.4, 0.5) is 0 Å². The Kier molecular flexibility index (Phi) is 8.60. The monoisotopic (exact) mass is 226 g/mol. The van der Waals surface area contributed by atoms with Gasteiger partial charge >= 0.3 is 0 Å². The smallest absolute Gasteiger partial charge is 0.132 e. The van der Waals surface area contributed by atoms with Gasteiger partial charge in [-0.2, -0.15) is 0 Å². The van der Waals surface area contributed by atoms with Crippen LogP contribution in [0.3, 0.4) is 0 Å². The van der Waals surface area contributed by atoms with Gasteiger partial charge in [0.15, 0.2) is 0 Å². The van der Waals surface area contributed by atoms with E-state index in [0.29, 0.717) is 11.2 Å². The van der Waals surface area contributed by atoms with Gasteiger partial charge in [-0.1, -0.05) is 53.4 Å². The van der Waals surface area contributed by atoms with Gasteiger partial charge in [-0.15, -0.1) is 0 Å². The maximum atomic E-state index is 11.5. The highest BCUT2D eigenvalue weighted by molar-refractivity contribution is 5.78. The first-order chi connectivity index (χ1) is 7.52. The fourth-order valence-electron chi connectivity index (χ4n) is 2.04. The number of carbonyl (C=O) groups is 1. The molecule has 16 heavy (non-hydrogen) atoms. The number of hydrogen-bond donors (Lipinski definition) is 0. The molecule has 1 heteroatoms. The van der Waals surface area contributed by atoms with Crippen molar-refractivity contribution >= 4 is 5.78 Å². The van der Waals surface area contributed by atoms with Gasteiger partial charge in [0.25, 0.3) is 0 Å². The molecular formula is C15H30O. The molecule has 0 fully saturated rings. The number of Topliss-reactive ketones (excluding diaryl/α,β-unsaturated/α-hetero) is 1. The molecule has 0 aromatic carbocycles. The molecule has 0 radical (unpaired) electrons. The van der Waals surface area contributed by atoms with E-state index in [0.717, 1.165) is 25.7 Å². The van der Waals surface area contributed by atoms with Crippen LogP contribution < -0.4 is 0 Å². The Balaban J connectivity index is 3.64. The van der Waals surface area contributed by atoms with Crippen LogP contribution >= 0.6 is 0 Å². The molecule has 0 unspecified atom stereocenters. The Labute approximate surface area is 102 Å². The fourth-order valence-corrected chi connectivity index (χ4v) is 2.04. The van der Waals surface area contributed by atoms with E-state index in [2.05, 4.69) is 27.7 Å². The summed E-state index contributed by atoms with van der Waals surface area (Å²) in [5.41, 5.74) is 0.358. The van der Waals surface area contributed by atoms with Gasteiger partial charge in [-0.05, 0) is 24.7 Å². The van der Waals surface area contributed by atoms with Crippen molar-refractivity contribution in [2.24, 2.45) is 5.41 Å². The Morgan fingerprint density at radius 3 is 2.12 bits per heavy atom. The predicted octanol–water partition coefficient (Wildman–Crippen LogP) is 5.13. The fraction of sp³-hybridized carbons (Fsp3) is 0.933. The molecule has 0 atom stereocenters. The van der Waals surface area contributed by atoms with Gasteiger partial charge in [0.1, 0.15) is 5.78 Å². The Morgan fingerprint density at radius 1 is 0.875 bits per heavy atom. The minimum absolute atomic E-state index is 0.358. The molecule has 0 aliphatic rings. The first-order valence-electron chi connectivity index (χ1n) is 7.03. The predicted molar refractivity (Wildman–Crippen MR) is 71.7 cm³/mol.